The second-order valence-electron chi connectivity index (χ2n) is 3.30. The number of hydrogen-bond acceptors (Lipinski definition) is 3. The van der Waals surface area contributed by atoms with Crippen LogP contribution in [0.3, 0.4) is 0 Å². The highest BCUT2D eigenvalue weighted by Gasteiger charge is 2.15. The molecule has 0 saturated carbocycles. The van der Waals surface area contributed by atoms with Crippen LogP contribution < -0.4 is 0 Å². The van der Waals surface area contributed by atoms with E-state index in [1.807, 2.05) is 0 Å². The molecule has 1 aromatic carbocycles. The van der Waals surface area contributed by atoms with Crippen molar-refractivity contribution in [3.8, 4) is 0 Å². The van der Waals surface area contributed by atoms with Gasteiger partial charge in [0.1, 0.15) is 5.75 Å². The molecule has 0 fully saturated rings. The van der Waals surface area contributed by atoms with Crippen molar-refractivity contribution in [1.29, 1.82) is 0 Å². The highest BCUT2D eigenvalue weighted by Crippen LogP contribution is 2.20. The molecule has 16 heavy (non-hydrogen) atoms. The van der Waals surface area contributed by atoms with Crippen molar-refractivity contribution in [2.24, 2.45) is 0 Å². The van der Waals surface area contributed by atoms with Gasteiger partial charge in [-0.2, -0.15) is 8.42 Å². The van der Waals surface area contributed by atoms with Crippen LogP contribution in [-0.4, -0.2) is 18.8 Å². The predicted molar refractivity (Wildman–Crippen MR) is 64.0 cm³/mol. The molecule has 0 aliphatic heterocycles. The van der Waals surface area contributed by atoms with Crippen LogP contribution >= 0.6 is 15.9 Å². The maximum atomic E-state index is 11.5. The molecule has 6 heteroatoms. The van der Waals surface area contributed by atoms with E-state index < -0.39 is 15.9 Å². The van der Waals surface area contributed by atoms with Crippen LogP contribution in [0.4, 0.5) is 0 Å². The van der Waals surface area contributed by atoms with Crippen LogP contribution in [0, 0.1) is 0 Å². The molecule has 4 nitrogen and oxygen atoms in total. The van der Waals surface area contributed by atoms with E-state index in [-0.39, 0.29) is 5.78 Å². The Balaban J connectivity index is 3.23. The van der Waals surface area contributed by atoms with Crippen LogP contribution in [0.1, 0.15) is 29.3 Å². The zero-order valence-electron chi connectivity index (χ0n) is 8.60. The van der Waals surface area contributed by atoms with Crippen LogP contribution in [0.25, 0.3) is 0 Å². The van der Waals surface area contributed by atoms with E-state index in [0.29, 0.717) is 22.0 Å². The normalized spacial score (nSPS) is 11.4. The molecule has 0 aliphatic rings. The lowest BCUT2D eigenvalue weighted by molar-refractivity contribution is 0.0987. The topological polar surface area (TPSA) is 71.4 Å². The van der Waals surface area contributed by atoms with E-state index in [0.717, 1.165) is 0 Å². The number of benzene rings is 1. The van der Waals surface area contributed by atoms with Gasteiger partial charge in [-0.1, -0.05) is 22.9 Å². The van der Waals surface area contributed by atoms with Crippen LogP contribution in [0.5, 0.6) is 0 Å². The first-order valence-corrected chi connectivity index (χ1v) is 7.00. The standard InChI is InChI=1S/C10H11BrO4S/c1-2-10(12)9-4-3-8(11)5-7(9)6-16(13,14)15/h3-5H,2,6H2,1H3,(H,13,14,15). The Labute approximate surface area is 103 Å². The van der Waals surface area contributed by atoms with E-state index >= 15 is 0 Å². The second kappa shape index (κ2) is 5.07. The van der Waals surface area contributed by atoms with Crippen molar-refractivity contribution in [3.63, 3.8) is 0 Å². The summed E-state index contributed by atoms with van der Waals surface area (Å²) in [5.41, 5.74) is 0.645. The van der Waals surface area contributed by atoms with Crippen molar-refractivity contribution in [1.82, 2.24) is 0 Å². The van der Waals surface area contributed by atoms with E-state index in [1.54, 1.807) is 19.1 Å². The Morgan fingerprint density at radius 2 is 2.06 bits per heavy atom. The van der Waals surface area contributed by atoms with Crippen molar-refractivity contribution < 1.29 is 17.8 Å². The van der Waals surface area contributed by atoms with Gasteiger partial charge in [-0.05, 0) is 23.8 Å². The van der Waals surface area contributed by atoms with E-state index in [9.17, 15) is 13.2 Å². The molecule has 88 valence electrons. The van der Waals surface area contributed by atoms with Crippen LogP contribution in [0.2, 0.25) is 0 Å². The van der Waals surface area contributed by atoms with Crippen LogP contribution in [-0.2, 0) is 15.9 Å². The van der Waals surface area contributed by atoms with Gasteiger partial charge in [0.15, 0.2) is 5.78 Å². The van der Waals surface area contributed by atoms with Gasteiger partial charge in [0.05, 0.1) is 0 Å². The molecule has 1 N–H and O–H groups in total. The molecule has 1 aromatic rings. The lowest BCUT2D eigenvalue weighted by Crippen LogP contribution is -2.08. The van der Waals surface area contributed by atoms with Gasteiger partial charge >= 0.3 is 0 Å². The molecule has 0 atom stereocenters. The molecule has 0 radical (unpaired) electrons. The molecule has 0 unspecified atom stereocenters. The summed E-state index contributed by atoms with van der Waals surface area (Å²) in [4.78, 5) is 11.5. The lowest BCUT2D eigenvalue weighted by Gasteiger charge is -2.06. The summed E-state index contributed by atoms with van der Waals surface area (Å²) in [5, 5.41) is 0. The molecule has 0 saturated heterocycles. The van der Waals surface area contributed by atoms with E-state index in [1.165, 1.54) is 6.07 Å². The van der Waals surface area contributed by atoms with Gasteiger partial charge in [0, 0.05) is 16.5 Å². The molecule has 0 heterocycles. The fraction of sp³-hybridized carbons (Fsp3) is 0.300. The third-order valence-corrected chi connectivity index (χ3v) is 3.20. The number of Topliss-reactive ketones (excluding diaryl/α,β-unsaturated/α-hetero) is 1. The Bertz CT molecular complexity index is 508. The van der Waals surface area contributed by atoms with Gasteiger partial charge in [0.25, 0.3) is 10.1 Å². The molecule has 0 amide bonds. The first-order chi connectivity index (χ1) is 7.33. The fourth-order valence-corrected chi connectivity index (χ4v) is 2.38. The highest BCUT2D eigenvalue weighted by molar-refractivity contribution is 9.10. The SMILES string of the molecule is CCC(=O)c1ccc(Br)cc1CS(=O)(=O)O. The van der Waals surface area contributed by atoms with Gasteiger partial charge in [-0.25, -0.2) is 0 Å². The summed E-state index contributed by atoms with van der Waals surface area (Å²) in [7, 11) is -4.13. The first kappa shape index (κ1) is 13.3. The average Bonchev–Trinajstić information content (AvgIpc) is 2.14. The minimum atomic E-state index is -4.13. The minimum absolute atomic E-state index is 0.147. The fourth-order valence-electron chi connectivity index (χ4n) is 1.34. The number of halogens is 1. The number of carbonyl (C=O) groups is 1. The van der Waals surface area contributed by atoms with Crippen molar-refractivity contribution in [3.05, 3.63) is 33.8 Å². The minimum Gasteiger partial charge on any atom is -0.294 e. The van der Waals surface area contributed by atoms with Gasteiger partial charge in [-0.15, -0.1) is 0 Å². The number of ketones is 1. The van der Waals surface area contributed by atoms with Gasteiger partial charge in [-0.3, -0.25) is 9.35 Å². The molecular formula is C10H11BrO4S. The Morgan fingerprint density at radius 1 is 1.44 bits per heavy atom. The van der Waals surface area contributed by atoms with Crippen molar-refractivity contribution in [2.75, 3.05) is 0 Å². The molecule has 0 aromatic heterocycles. The summed E-state index contributed by atoms with van der Waals surface area (Å²) < 4.78 is 31.1. The predicted octanol–water partition coefficient (Wildman–Crippen LogP) is 2.43. The summed E-state index contributed by atoms with van der Waals surface area (Å²) in [6.07, 6.45) is 0.292. The summed E-state index contributed by atoms with van der Waals surface area (Å²) in [6, 6.07) is 4.74. The zero-order chi connectivity index (χ0) is 12.3. The zero-order valence-corrected chi connectivity index (χ0v) is 11.0. The number of hydrogen-bond donors (Lipinski definition) is 1. The highest BCUT2D eigenvalue weighted by atomic mass is 79.9. The monoisotopic (exact) mass is 306 g/mol. The van der Waals surface area contributed by atoms with E-state index in [2.05, 4.69) is 15.9 Å². The molecule has 1 rings (SSSR count). The van der Waals surface area contributed by atoms with Crippen molar-refractivity contribution in [2.45, 2.75) is 19.1 Å². The van der Waals surface area contributed by atoms with Crippen LogP contribution in [0.15, 0.2) is 22.7 Å². The third kappa shape index (κ3) is 3.70. The Morgan fingerprint density at radius 3 is 2.56 bits per heavy atom. The quantitative estimate of drug-likeness (QED) is 0.685. The summed E-state index contributed by atoms with van der Waals surface area (Å²) in [5.74, 6) is -0.695. The average molecular weight is 307 g/mol. The molecule has 0 bridgehead atoms. The Hall–Kier alpha value is -0.720. The maximum Gasteiger partial charge on any atom is 0.269 e. The summed E-state index contributed by atoms with van der Waals surface area (Å²) in [6.45, 7) is 1.70. The maximum absolute atomic E-state index is 11.5. The van der Waals surface area contributed by atoms with E-state index in [4.69, 9.17) is 4.55 Å². The number of rotatable bonds is 4. The van der Waals surface area contributed by atoms with Gasteiger partial charge in [0.2, 0.25) is 0 Å². The molecule has 0 spiro atoms. The van der Waals surface area contributed by atoms with Gasteiger partial charge < -0.3 is 0 Å². The molecule has 0 aliphatic carbocycles. The molecular weight excluding hydrogens is 296 g/mol. The Kier molecular flexibility index (Phi) is 4.23. The largest absolute Gasteiger partial charge is 0.294 e. The lowest BCUT2D eigenvalue weighted by atomic mass is 10.0. The van der Waals surface area contributed by atoms with Crippen molar-refractivity contribution >= 4 is 31.8 Å². The second-order valence-corrected chi connectivity index (χ2v) is 5.67. The summed E-state index contributed by atoms with van der Waals surface area (Å²) >= 11 is 3.19. The number of carbonyl (C=O) groups excluding carboxylic acids is 1. The third-order valence-electron chi connectivity index (χ3n) is 2.03. The smallest absolute Gasteiger partial charge is 0.269 e. The first-order valence-electron chi connectivity index (χ1n) is 4.60.